The first kappa shape index (κ1) is 77.0. The van der Waals surface area contributed by atoms with Gasteiger partial charge in [-0.2, -0.15) is 0 Å². The summed E-state index contributed by atoms with van der Waals surface area (Å²) in [6.45, 7) is 0. The third-order valence-electron chi connectivity index (χ3n) is 11.1. The van der Waals surface area contributed by atoms with E-state index in [2.05, 4.69) is 102 Å². The zero-order valence-corrected chi connectivity index (χ0v) is 34.8. The second-order valence-electron chi connectivity index (χ2n) is 15.2. The molecule has 4 aromatic carbocycles. The summed E-state index contributed by atoms with van der Waals surface area (Å²) in [4.78, 5) is 64.6. The van der Waals surface area contributed by atoms with E-state index in [1.807, 2.05) is 0 Å². The number of aromatic nitrogens is 24. The molecule has 0 saturated heterocycles. The van der Waals surface area contributed by atoms with E-state index in [4.69, 9.17) is 0 Å². The average Bonchev–Trinajstić information content (AvgIpc) is 1.94. The van der Waals surface area contributed by atoms with Gasteiger partial charge in [-0.3, -0.25) is 19.2 Å². The normalized spacial score (nSPS) is 10.7. The summed E-state index contributed by atoms with van der Waals surface area (Å²) < 4.78 is 57.1. The molecule has 28 nitrogen and oxygen atoms in total. The van der Waals surface area contributed by atoms with E-state index in [0.29, 0.717) is 56.2 Å². The molecule has 8 aromatic heterocycles. The number of fused-ring (bicyclic) bond motifs is 16. The van der Waals surface area contributed by atoms with Crippen LogP contribution in [0.4, 0.5) is 17.6 Å². The van der Waals surface area contributed by atoms with E-state index in [0.717, 1.165) is 18.5 Å². The van der Waals surface area contributed by atoms with Gasteiger partial charge in [-0.25, -0.2) is 37.5 Å². The Hall–Kier alpha value is -11.1. The van der Waals surface area contributed by atoms with E-state index < -0.39 is 23.3 Å². The van der Waals surface area contributed by atoms with Crippen molar-refractivity contribution in [3.63, 3.8) is 0 Å². The molecule has 4 aliphatic rings. The van der Waals surface area contributed by atoms with E-state index in [1.165, 1.54) is 72.8 Å². The van der Waals surface area contributed by atoms with Gasteiger partial charge >= 0.3 is 0 Å². The number of carbonyl (C=O) groups is 4. The van der Waals surface area contributed by atoms with Gasteiger partial charge in [0, 0.05) is 44.5 Å². The molecule has 0 saturated carbocycles. The van der Waals surface area contributed by atoms with E-state index >= 15 is 0 Å². The summed E-state index contributed by atoms with van der Waals surface area (Å²) in [6, 6.07) is 15.7. The maximum Gasteiger partial charge on any atom is 0.292 e. The third kappa shape index (κ3) is 12.1. The minimum atomic E-state index is -0.473. The number of ketones is 4. The number of hydrogen-bond donors (Lipinski definition) is 0. The summed E-state index contributed by atoms with van der Waals surface area (Å²) in [5.74, 6) is -2.52. The van der Waals surface area contributed by atoms with E-state index in [9.17, 15) is 36.7 Å². The second kappa shape index (κ2) is 28.8. The third-order valence-corrected chi connectivity index (χ3v) is 11.1. The van der Waals surface area contributed by atoms with Gasteiger partial charge in [-0.05, 0) is 115 Å². The molecule has 0 N–H and O–H groups in total. The molecule has 16 rings (SSSR count). The van der Waals surface area contributed by atoms with Gasteiger partial charge in [-0.15, -0.1) is 20.4 Å². The predicted molar refractivity (Wildman–Crippen MR) is 315 cm³/mol. The van der Waals surface area contributed by atoms with Gasteiger partial charge in [0.2, 0.25) is 23.1 Å². The van der Waals surface area contributed by atoms with Crippen molar-refractivity contribution >= 4 is 46.2 Å². The van der Waals surface area contributed by atoms with Gasteiger partial charge < -0.3 is 0 Å². The van der Waals surface area contributed by atoms with Gasteiger partial charge in [0.15, 0.2) is 11.4 Å². The quantitative estimate of drug-likeness (QED) is 0.127. The number of benzene rings is 4. The van der Waals surface area contributed by atoms with Crippen LogP contribution < -0.4 is 0 Å². The van der Waals surface area contributed by atoms with Gasteiger partial charge in [-0.1, -0.05) is 143 Å². The first-order valence-corrected chi connectivity index (χ1v) is 20.2. The van der Waals surface area contributed by atoms with Crippen LogP contribution in [0.2, 0.25) is 0 Å². The molecular formula is C54H68F4N24O4. The number of tetrazole rings is 4. The van der Waals surface area contributed by atoms with Crippen LogP contribution in [0.1, 0.15) is 168 Å². The smallest absolute Gasteiger partial charge is 0.287 e. The maximum absolute atomic E-state index is 13.2. The zero-order valence-electron chi connectivity index (χ0n) is 34.8. The molecule has 0 fully saturated rings. The van der Waals surface area contributed by atoms with Crippen molar-refractivity contribution in [1.82, 2.24) is 121 Å². The number of halogens is 4. The van der Waals surface area contributed by atoms with Gasteiger partial charge in [0.05, 0.1) is 0 Å². The summed E-state index contributed by atoms with van der Waals surface area (Å²) in [6.07, 6.45) is 0. The van der Waals surface area contributed by atoms with E-state index in [1.54, 1.807) is 0 Å². The van der Waals surface area contributed by atoms with Crippen molar-refractivity contribution in [2.24, 2.45) is 0 Å². The van der Waals surface area contributed by atoms with Crippen molar-refractivity contribution in [2.75, 3.05) is 0 Å². The lowest BCUT2D eigenvalue weighted by Gasteiger charge is -1.97. The Morgan fingerprint density at radius 2 is 0.488 bits per heavy atom. The molecule has 32 heteroatoms. The topological polar surface area (TPSA) is 344 Å². The molecule has 0 radical (unpaired) electrons. The predicted octanol–water partition coefficient (Wildman–Crippen LogP) is 9.96. The molecule has 0 bridgehead atoms. The highest BCUT2D eigenvalue weighted by molar-refractivity contribution is 6.22. The molecule has 4 aliphatic carbocycles. The van der Waals surface area contributed by atoms with Crippen molar-refractivity contribution in [3.8, 4) is 45.0 Å². The monoisotopic (exact) mass is 1190 g/mol. The van der Waals surface area contributed by atoms with Crippen LogP contribution in [0.3, 0.4) is 0 Å². The fourth-order valence-electron chi connectivity index (χ4n) is 7.93. The first-order chi connectivity index (χ1) is 34.9. The Morgan fingerprint density at radius 1 is 0.256 bits per heavy atom. The van der Waals surface area contributed by atoms with Crippen LogP contribution in [0, 0.1) is 23.3 Å². The second-order valence-corrected chi connectivity index (χ2v) is 15.2. The Balaban J connectivity index is 0. The Kier molecular flexibility index (Phi) is 25.7. The van der Waals surface area contributed by atoms with Crippen molar-refractivity contribution in [2.45, 2.75) is 104 Å². The Morgan fingerprint density at radius 3 is 0.849 bits per heavy atom. The van der Waals surface area contributed by atoms with E-state index in [-0.39, 0.29) is 184 Å². The van der Waals surface area contributed by atoms with Crippen molar-refractivity contribution in [3.05, 3.63) is 141 Å². The lowest BCUT2D eigenvalue weighted by molar-refractivity contribution is 0.102. The Labute approximate surface area is 492 Å². The highest BCUT2D eigenvalue weighted by Crippen LogP contribution is 2.37. The highest BCUT2D eigenvalue weighted by Gasteiger charge is 2.35. The SMILES string of the molecule is C.C.C.C.C.C.C.C.C.C.C.C.C.C.O=C1c2cc(F)ccc2-c2nc3nnnn3nc21.O=C1c2cc(F)ccc2-c2nn3nnnc3nc21.O=C1c2ccc(F)cc2-c2nc3nnnn3nc21.O=C1c2ccc(F)cc2-c2nn3nnnc3nc21. The van der Waals surface area contributed by atoms with Crippen LogP contribution in [-0.4, -0.2) is 144 Å². The number of hydrogen-bond acceptors (Lipinski definition) is 24. The van der Waals surface area contributed by atoms with Crippen LogP contribution >= 0.6 is 0 Å². The summed E-state index contributed by atoms with van der Waals surface area (Å²) in [7, 11) is 0. The Bertz CT molecular complexity index is 4150. The summed E-state index contributed by atoms with van der Waals surface area (Å²) in [5.41, 5.74) is 5.15. The largest absolute Gasteiger partial charge is 0.292 e. The fourth-order valence-corrected chi connectivity index (χ4v) is 7.93. The lowest BCUT2D eigenvalue weighted by Crippen LogP contribution is -2.06. The molecule has 12 aromatic rings. The first-order valence-electron chi connectivity index (χ1n) is 20.2. The molecule has 0 unspecified atom stereocenters. The van der Waals surface area contributed by atoms with Crippen molar-refractivity contribution in [1.29, 1.82) is 0 Å². The minimum Gasteiger partial charge on any atom is -0.287 e. The van der Waals surface area contributed by atoms with Crippen LogP contribution in [0.25, 0.3) is 68.1 Å². The molecule has 0 amide bonds. The number of carbonyl (C=O) groups excluding carboxylic acids is 4. The average molecular weight is 1190 g/mol. The van der Waals surface area contributed by atoms with Gasteiger partial charge in [0.1, 0.15) is 57.4 Å². The molecule has 0 atom stereocenters. The number of rotatable bonds is 0. The van der Waals surface area contributed by atoms with Crippen LogP contribution in [0.5, 0.6) is 0 Å². The molecular weight excluding hydrogens is 1120 g/mol. The van der Waals surface area contributed by atoms with Crippen LogP contribution in [-0.2, 0) is 0 Å². The molecule has 456 valence electrons. The molecule has 0 aliphatic heterocycles. The van der Waals surface area contributed by atoms with Gasteiger partial charge in [0.25, 0.3) is 23.1 Å². The highest BCUT2D eigenvalue weighted by atomic mass is 19.1. The van der Waals surface area contributed by atoms with Crippen molar-refractivity contribution < 1.29 is 36.7 Å². The molecule has 0 spiro atoms. The summed E-state index contributed by atoms with van der Waals surface area (Å²) in [5, 5.41) is 58.6. The number of nitrogens with zero attached hydrogens (tertiary/aromatic N) is 24. The lowest BCUT2D eigenvalue weighted by atomic mass is 10.1. The maximum atomic E-state index is 13.2. The minimum absolute atomic E-state index is 0. The fraction of sp³-hybridized carbons (Fsp3) is 0.259. The van der Waals surface area contributed by atoms with Crippen LogP contribution in [0.15, 0.2) is 72.8 Å². The summed E-state index contributed by atoms with van der Waals surface area (Å²) >= 11 is 0. The standard InChI is InChI=1S/4C10H3FN6O.14CH4/c11-4-1-2-5-6(3-4)7-8(9(5)18)12-10-13-15-16-17(10)14-7;11-4-1-2-5-6(3-4)7-8(9(5)18)14-17-10(12-7)13-15-16-17;11-4-1-2-5-6(3-4)9(18)8-7(5)14-17-10(12-8)13-15-16-17;11-4-1-2-5-6(3-4)9(18)8-7(5)12-10-13-15-16-17(10)14-8;;;;;;;;;;;;;;/h4*1-3H;14*1H4. The zero-order chi connectivity index (χ0) is 49.1. The molecule has 8 heterocycles. The molecule has 86 heavy (non-hydrogen) atoms.